The molecule has 1 aliphatic rings. The van der Waals surface area contributed by atoms with Crippen molar-refractivity contribution in [3.8, 4) is 0 Å². The first-order valence-electron chi connectivity index (χ1n) is 6.28. The Balaban J connectivity index is 1.91. The summed E-state index contributed by atoms with van der Waals surface area (Å²) in [5, 5.41) is 1.25. The molecular weight excluding hydrogens is 332 g/mol. The minimum atomic E-state index is -0.0219. The quantitative estimate of drug-likeness (QED) is 0.787. The van der Waals surface area contributed by atoms with Crippen LogP contribution in [0.1, 0.15) is 23.2 Å². The molecule has 0 aliphatic carbocycles. The summed E-state index contributed by atoms with van der Waals surface area (Å²) >= 11 is 9.34. The van der Waals surface area contributed by atoms with E-state index in [1.807, 2.05) is 4.90 Å². The SMILES string of the molecule is O=C(c1ccncc1Cl)N1CCC(OCCBr)CC1. The van der Waals surface area contributed by atoms with Gasteiger partial charge in [0, 0.05) is 30.8 Å². The summed E-state index contributed by atoms with van der Waals surface area (Å²) in [5.41, 5.74) is 0.525. The average molecular weight is 348 g/mol. The van der Waals surface area contributed by atoms with Crippen molar-refractivity contribution in [2.75, 3.05) is 25.0 Å². The van der Waals surface area contributed by atoms with Crippen molar-refractivity contribution in [1.29, 1.82) is 0 Å². The average Bonchev–Trinajstić information content (AvgIpc) is 2.45. The number of piperidine rings is 1. The minimum Gasteiger partial charge on any atom is -0.377 e. The zero-order valence-corrected chi connectivity index (χ0v) is 12.9. The van der Waals surface area contributed by atoms with E-state index >= 15 is 0 Å². The number of alkyl halides is 1. The lowest BCUT2D eigenvalue weighted by Crippen LogP contribution is -2.41. The van der Waals surface area contributed by atoms with Crippen LogP contribution in [0.5, 0.6) is 0 Å². The van der Waals surface area contributed by atoms with Crippen LogP contribution in [0.3, 0.4) is 0 Å². The third-order valence-electron chi connectivity index (χ3n) is 3.16. The van der Waals surface area contributed by atoms with Gasteiger partial charge in [-0.2, -0.15) is 0 Å². The molecule has 104 valence electrons. The number of hydrogen-bond acceptors (Lipinski definition) is 3. The molecule has 1 amide bonds. The molecule has 1 aromatic heterocycles. The van der Waals surface area contributed by atoms with Crippen molar-refractivity contribution in [3.05, 3.63) is 29.0 Å². The van der Waals surface area contributed by atoms with E-state index in [1.165, 1.54) is 6.20 Å². The molecule has 19 heavy (non-hydrogen) atoms. The van der Waals surface area contributed by atoms with Gasteiger partial charge in [-0.15, -0.1) is 0 Å². The molecular formula is C13H16BrClN2O2. The van der Waals surface area contributed by atoms with Crippen LogP contribution >= 0.6 is 27.5 Å². The van der Waals surface area contributed by atoms with Crippen LogP contribution in [0.15, 0.2) is 18.5 Å². The molecule has 0 radical (unpaired) electrons. The number of pyridine rings is 1. The molecule has 4 nitrogen and oxygen atoms in total. The Morgan fingerprint density at radius 3 is 2.89 bits per heavy atom. The van der Waals surface area contributed by atoms with Crippen molar-refractivity contribution in [1.82, 2.24) is 9.88 Å². The lowest BCUT2D eigenvalue weighted by atomic mass is 10.1. The first kappa shape index (κ1) is 14.8. The van der Waals surface area contributed by atoms with Gasteiger partial charge in [-0.25, -0.2) is 0 Å². The van der Waals surface area contributed by atoms with E-state index in [1.54, 1.807) is 12.3 Å². The summed E-state index contributed by atoms with van der Waals surface area (Å²) in [6.45, 7) is 2.14. The van der Waals surface area contributed by atoms with Gasteiger partial charge in [0.25, 0.3) is 5.91 Å². The second-order valence-electron chi connectivity index (χ2n) is 4.41. The molecule has 6 heteroatoms. The van der Waals surface area contributed by atoms with E-state index < -0.39 is 0 Å². The van der Waals surface area contributed by atoms with E-state index in [9.17, 15) is 4.79 Å². The Morgan fingerprint density at radius 1 is 1.53 bits per heavy atom. The van der Waals surface area contributed by atoms with Crippen molar-refractivity contribution in [2.45, 2.75) is 18.9 Å². The van der Waals surface area contributed by atoms with Crippen LogP contribution < -0.4 is 0 Å². The molecule has 0 bridgehead atoms. The Kier molecular flexibility index (Phi) is 5.60. The number of carbonyl (C=O) groups excluding carboxylic acids is 1. The zero-order valence-electron chi connectivity index (χ0n) is 10.5. The number of likely N-dealkylation sites (tertiary alicyclic amines) is 1. The Bertz CT molecular complexity index is 436. The largest absolute Gasteiger partial charge is 0.377 e. The maximum Gasteiger partial charge on any atom is 0.255 e. The molecule has 0 aromatic carbocycles. The highest BCUT2D eigenvalue weighted by molar-refractivity contribution is 9.09. The van der Waals surface area contributed by atoms with Gasteiger partial charge in [-0.05, 0) is 18.9 Å². The first-order valence-corrected chi connectivity index (χ1v) is 7.78. The van der Waals surface area contributed by atoms with Crippen LogP contribution in [0, 0.1) is 0 Å². The first-order chi connectivity index (χ1) is 9.22. The van der Waals surface area contributed by atoms with Crippen molar-refractivity contribution >= 4 is 33.4 Å². The third kappa shape index (κ3) is 3.91. The number of rotatable bonds is 4. The predicted octanol–water partition coefficient (Wildman–Crippen LogP) is 2.75. The van der Waals surface area contributed by atoms with Crippen molar-refractivity contribution in [2.24, 2.45) is 0 Å². The molecule has 0 unspecified atom stereocenters. The minimum absolute atomic E-state index is 0.0219. The summed E-state index contributed by atoms with van der Waals surface area (Å²) in [4.78, 5) is 18.0. The summed E-state index contributed by atoms with van der Waals surface area (Å²) in [7, 11) is 0. The lowest BCUT2D eigenvalue weighted by molar-refractivity contribution is 0.0160. The van der Waals surface area contributed by atoms with Crippen LogP contribution in [-0.4, -0.2) is 46.9 Å². The molecule has 0 N–H and O–H groups in total. The van der Waals surface area contributed by atoms with Gasteiger partial charge in [0.1, 0.15) is 0 Å². The van der Waals surface area contributed by atoms with Crippen LogP contribution in [-0.2, 0) is 4.74 Å². The fraction of sp³-hybridized carbons (Fsp3) is 0.538. The van der Waals surface area contributed by atoms with Crippen LogP contribution in [0.2, 0.25) is 5.02 Å². The highest BCUT2D eigenvalue weighted by Crippen LogP contribution is 2.20. The molecule has 1 saturated heterocycles. The molecule has 0 atom stereocenters. The third-order valence-corrected chi connectivity index (χ3v) is 3.79. The Morgan fingerprint density at radius 2 is 2.26 bits per heavy atom. The second kappa shape index (κ2) is 7.22. The summed E-state index contributed by atoms with van der Waals surface area (Å²) < 4.78 is 5.67. The highest BCUT2D eigenvalue weighted by Gasteiger charge is 2.24. The van der Waals surface area contributed by atoms with E-state index in [0.29, 0.717) is 23.7 Å². The number of amides is 1. The maximum absolute atomic E-state index is 12.3. The maximum atomic E-state index is 12.3. The fourth-order valence-electron chi connectivity index (χ4n) is 2.16. The predicted molar refractivity (Wildman–Crippen MR) is 77.9 cm³/mol. The Hall–Kier alpha value is -0.650. The zero-order chi connectivity index (χ0) is 13.7. The van der Waals surface area contributed by atoms with Gasteiger partial charge in [-0.1, -0.05) is 27.5 Å². The van der Waals surface area contributed by atoms with E-state index in [0.717, 1.165) is 24.8 Å². The molecule has 1 fully saturated rings. The topological polar surface area (TPSA) is 42.4 Å². The molecule has 2 rings (SSSR count). The van der Waals surface area contributed by atoms with Gasteiger partial charge < -0.3 is 9.64 Å². The number of aromatic nitrogens is 1. The summed E-state index contributed by atoms with van der Waals surface area (Å²) in [5.74, 6) is -0.0219. The number of carbonyl (C=O) groups is 1. The molecule has 2 heterocycles. The summed E-state index contributed by atoms with van der Waals surface area (Å²) in [6.07, 6.45) is 5.10. The van der Waals surface area contributed by atoms with Gasteiger partial charge >= 0.3 is 0 Å². The standard InChI is InChI=1S/C13H16BrClN2O2/c14-4-8-19-10-2-6-17(7-3-10)13(18)11-1-5-16-9-12(11)15/h1,5,9-10H,2-4,6-8H2. The summed E-state index contributed by atoms with van der Waals surface area (Å²) in [6, 6.07) is 1.66. The lowest BCUT2D eigenvalue weighted by Gasteiger charge is -2.32. The monoisotopic (exact) mass is 346 g/mol. The van der Waals surface area contributed by atoms with Crippen molar-refractivity contribution in [3.63, 3.8) is 0 Å². The Labute approximate surface area is 126 Å². The number of ether oxygens (including phenoxy) is 1. The van der Waals surface area contributed by atoms with Gasteiger partial charge in [-0.3, -0.25) is 9.78 Å². The molecule has 1 aromatic rings. The van der Waals surface area contributed by atoms with Crippen LogP contribution in [0.4, 0.5) is 0 Å². The number of nitrogens with zero attached hydrogens (tertiary/aromatic N) is 2. The van der Waals surface area contributed by atoms with E-state index in [4.69, 9.17) is 16.3 Å². The smallest absolute Gasteiger partial charge is 0.255 e. The van der Waals surface area contributed by atoms with Gasteiger partial charge in [0.2, 0.25) is 0 Å². The van der Waals surface area contributed by atoms with Gasteiger partial charge in [0.05, 0.1) is 23.3 Å². The molecule has 0 spiro atoms. The molecule has 1 aliphatic heterocycles. The van der Waals surface area contributed by atoms with Crippen LogP contribution in [0.25, 0.3) is 0 Å². The fourth-order valence-corrected chi connectivity index (χ4v) is 2.54. The van der Waals surface area contributed by atoms with E-state index in [-0.39, 0.29) is 12.0 Å². The van der Waals surface area contributed by atoms with E-state index in [2.05, 4.69) is 20.9 Å². The molecule has 0 saturated carbocycles. The second-order valence-corrected chi connectivity index (χ2v) is 5.61. The van der Waals surface area contributed by atoms with Gasteiger partial charge in [0.15, 0.2) is 0 Å². The van der Waals surface area contributed by atoms with Crippen molar-refractivity contribution < 1.29 is 9.53 Å². The highest BCUT2D eigenvalue weighted by atomic mass is 79.9. The number of hydrogen-bond donors (Lipinski definition) is 0. The normalized spacial score (nSPS) is 16.6. The number of halogens is 2.